The van der Waals surface area contributed by atoms with Crippen molar-refractivity contribution in [3.8, 4) is 28.7 Å². The van der Waals surface area contributed by atoms with Crippen LogP contribution in [0, 0.1) is 6.92 Å². The van der Waals surface area contributed by atoms with Crippen LogP contribution in [0.2, 0.25) is 0 Å². The fourth-order valence-corrected chi connectivity index (χ4v) is 4.04. The highest BCUT2D eigenvalue weighted by molar-refractivity contribution is 6.11. The number of nitrogens with one attached hydrogen (secondary N) is 1. The van der Waals surface area contributed by atoms with Crippen LogP contribution in [0.1, 0.15) is 32.0 Å². The summed E-state index contributed by atoms with van der Waals surface area (Å²) in [6.07, 6.45) is 0. The van der Waals surface area contributed by atoms with E-state index >= 15 is 0 Å². The van der Waals surface area contributed by atoms with E-state index in [2.05, 4.69) is 5.32 Å². The van der Waals surface area contributed by atoms with Crippen LogP contribution < -0.4 is 29.0 Å². The Kier molecular flexibility index (Phi) is 7.24. The molecule has 0 spiro atoms. The number of aryl methyl sites for hydroxylation is 1. The van der Waals surface area contributed by atoms with Crippen molar-refractivity contribution in [3.63, 3.8) is 0 Å². The van der Waals surface area contributed by atoms with Gasteiger partial charge in [0.05, 0.1) is 35.5 Å². The molecule has 0 saturated carbocycles. The zero-order chi connectivity index (χ0) is 26.7. The number of methoxy groups -OCH3 is 5. The van der Waals surface area contributed by atoms with E-state index in [0.29, 0.717) is 62.1 Å². The highest BCUT2D eigenvalue weighted by Crippen LogP contribution is 2.38. The third-order valence-electron chi connectivity index (χ3n) is 5.97. The SMILES string of the molecule is COc1ccc(C(=O)c2oc3ccc(NC(=O)c4cc(OC)c(OC)c(OC)c4)cc3c2C)cc1OC. The summed E-state index contributed by atoms with van der Waals surface area (Å²) in [5, 5.41) is 3.57. The van der Waals surface area contributed by atoms with Crippen LogP contribution in [-0.4, -0.2) is 47.2 Å². The number of ketones is 1. The summed E-state index contributed by atoms with van der Waals surface area (Å²) in [4.78, 5) is 26.3. The summed E-state index contributed by atoms with van der Waals surface area (Å²) >= 11 is 0. The minimum Gasteiger partial charge on any atom is -0.493 e. The second-order valence-electron chi connectivity index (χ2n) is 8.03. The van der Waals surface area contributed by atoms with Crippen LogP contribution in [0.25, 0.3) is 11.0 Å². The van der Waals surface area contributed by atoms with Gasteiger partial charge in [-0.05, 0) is 55.5 Å². The van der Waals surface area contributed by atoms with Crippen LogP contribution in [0.3, 0.4) is 0 Å². The van der Waals surface area contributed by atoms with E-state index in [0.717, 1.165) is 0 Å². The number of fused-ring (bicyclic) bond motifs is 1. The largest absolute Gasteiger partial charge is 0.493 e. The summed E-state index contributed by atoms with van der Waals surface area (Å²) in [6.45, 7) is 1.80. The van der Waals surface area contributed by atoms with E-state index in [1.54, 1.807) is 55.5 Å². The average molecular weight is 506 g/mol. The Morgan fingerprint density at radius 1 is 0.703 bits per heavy atom. The molecule has 0 aliphatic heterocycles. The average Bonchev–Trinajstić information content (AvgIpc) is 3.26. The molecule has 37 heavy (non-hydrogen) atoms. The van der Waals surface area contributed by atoms with Crippen LogP contribution >= 0.6 is 0 Å². The predicted molar refractivity (Wildman–Crippen MR) is 138 cm³/mol. The normalized spacial score (nSPS) is 10.6. The number of benzene rings is 3. The van der Waals surface area contributed by atoms with E-state index in [1.807, 2.05) is 0 Å². The number of carbonyl (C=O) groups is 2. The fourth-order valence-electron chi connectivity index (χ4n) is 4.04. The molecular formula is C28H27NO8. The molecule has 192 valence electrons. The molecule has 4 rings (SSSR count). The molecular weight excluding hydrogens is 478 g/mol. The lowest BCUT2D eigenvalue weighted by Crippen LogP contribution is -2.12. The second-order valence-corrected chi connectivity index (χ2v) is 8.03. The van der Waals surface area contributed by atoms with Crippen molar-refractivity contribution in [2.75, 3.05) is 40.9 Å². The number of hydrogen-bond acceptors (Lipinski definition) is 8. The Balaban J connectivity index is 1.64. The first-order chi connectivity index (χ1) is 17.8. The van der Waals surface area contributed by atoms with Crippen molar-refractivity contribution in [2.24, 2.45) is 0 Å². The Hall–Kier alpha value is -4.66. The van der Waals surface area contributed by atoms with Crippen molar-refractivity contribution in [1.82, 2.24) is 0 Å². The topological polar surface area (TPSA) is 105 Å². The molecule has 0 bridgehead atoms. The monoisotopic (exact) mass is 505 g/mol. The molecule has 1 amide bonds. The summed E-state index contributed by atoms with van der Waals surface area (Å²) < 4.78 is 32.4. The molecule has 0 fully saturated rings. The molecule has 0 radical (unpaired) electrons. The van der Waals surface area contributed by atoms with Crippen molar-refractivity contribution in [1.29, 1.82) is 0 Å². The van der Waals surface area contributed by atoms with E-state index in [4.69, 9.17) is 28.1 Å². The van der Waals surface area contributed by atoms with Crippen LogP contribution in [0.5, 0.6) is 28.7 Å². The molecule has 9 nitrogen and oxygen atoms in total. The van der Waals surface area contributed by atoms with Crippen molar-refractivity contribution < 1.29 is 37.7 Å². The van der Waals surface area contributed by atoms with Crippen LogP contribution in [0.4, 0.5) is 5.69 Å². The van der Waals surface area contributed by atoms with Gasteiger partial charge in [-0.3, -0.25) is 9.59 Å². The smallest absolute Gasteiger partial charge is 0.255 e. The van der Waals surface area contributed by atoms with Gasteiger partial charge in [0, 0.05) is 27.8 Å². The zero-order valence-electron chi connectivity index (χ0n) is 21.4. The van der Waals surface area contributed by atoms with Crippen molar-refractivity contribution >= 4 is 28.3 Å². The third-order valence-corrected chi connectivity index (χ3v) is 5.97. The third kappa shape index (κ3) is 4.75. The number of furan rings is 1. The highest BCUT2D eigenvalue weighted by atomic mass is 16.5. The fraction of sp³-hybridized carbons (Fsp3) is 0.214. The van der Waals surface area contributed by atoms with Gasteiger partial charge in [-0.15, -0.1) is 0 Å². The van der Waals surface area contributed by atoms with Crippen molar-refractivity contribution in [2.45, 2.75) is 6.92 Å². The van der Waals surface area contributed by atoms with Crippen molar-refractivity contribution in [3.05, 3.63) is 71.0 Å². The minimum absolute atomic E-state index is 0.204. The zero-order valence-corrected chi connectivity index (χ0v) is 21.4. The van der Waals surface area contributed by atoms with Crippen LogP contribution in [-0.2, 0) is 0 Å². The first-order valence-electron chi connectivity index (χ1n) is 11.3. The maximum absolute atomic E-state index is 13.2. The first-order valence-corrected chi connectivity index (χ1v) is 11.3. The van der Waals surface area contributed by atoms with Gasteiger partial charge < -0.3 is 33.4 Å². The van der Waals surface area contributed by atoms with Gasteiger partial charge in [0.25, 0.3) is 5.91 Å². The highest BCUT2D eigenvalue weighted by Gasteiger charge is 2.22. The number of ether oxygens (including phenoxy) is 5. The molecule has 0 aliphatic carbocycles. The number of anilines is 1. The van der Waals surface area contributed by atoms with E-state index in [-0.39, 0.29) is 17.5 Å². The van der Waals surface area contributed by atoms with E-state index in [1.165, 1.54) is 35.5 Å². The summed E-state index contributed by atoms with van der Waals surface area (Å²) in [7, 11) is 7.49. The Bertz CT molecular complexity index is 1460. The number of carbonyl (C=O) groups excluding carboxylic acids is 2. The molecule has 9 heteroatoms. The summed E-state index contributed by atoms with van der Waals surface area (Å²) in [6, 6.07) is 13.2. The second kappa shape index (κ2) is 10.5. The lowest BCUT2D eigenvalue weighted by Gasteiger charge is -2.14. The first kappa shape index (κ1) is 25.4. The Labute approximate surface area is 213 Å². The Morgan fingerprint density at radius 3 is 1.92 bits per heavy atom. The maximum atomic E-state index is 13.2. The van der Waals surface area contributed by atoms with E-state index in [9.17, 15) is 9.59 Å². The lowest BCUT2D eigenvalue weighted by atomic mass is 10.0. The summed E-state index contributed by atoms with van der Waals surface area (Å²) in [5.74, 6) is 1.63. The Morgan fingerprint density at radius 2 is 1.32 bits per heavy atom. The molecule has 0 atom stereocenters. The molecule has 0 saturated heterocycles. The molecule has 3 aromatic carbocycles. The van der Waals surface area contributed by atoms with E-state index < -0.39 is 0 Å². The van der Waals surface area contributed by atoms with Crippen LogP contribution in [0.15, 0.2) is 52.9 Å². The molecule has 1 heterocycles. The van der Waals surface area contributed by atoms with Gasteiger partial charge >= 0.3 is 0 Å². The number of amides is 1. The lowest BCUT2D eigenvalue weighted by molar-refractivity contribution is 0.101. The van der Waals surface area contributed by atoms with Gasteiger partial charge in [0.1, 0.15) is 5.58 Å². The molecule has 1 N–H and O–H groups in total. The van der Waals surface area contributed by atoms with Gasteiger partial charge in [-0.1, -0.05) is 0 Å². The van der Waals surface area contributed by atoms with Gasteiger partial charge in [-0.25, -0.2) is 0 Å². The van der Waals surface area contributed by atoms with Gasteiger partial charge in [0.2, 0.25) is 11.5 Å². The standard InChI is InChI=1S/C28H27NO8/c1-15-19-14-18(29-28(31)17-12-23(34-4)27(36-6)24(13-17)35-5)8-10-20(19)37-26(15)25(30)16-7-9-21(32-2)22(11-16)33-3/h7-14H,1-6H3,(H,29,31). The summed E-state index contributed by atoms with van der Waals surface area (Å²) in [5.41, 5.74) is 2.42. The molecule has 0 aliphatic rings. The van der Waals surface area contributed by atoms with Gasteiger partial charge in [0.15, 0.2) is 28.8 Å². The molecule has 1 aromatic heterocycles. The van der Waals surface area contributed by atoms with Gasteiger partial charge in [-0.2, -0.15) is 0 Å². The molecule has 4 aromatic rings. The predicted octanol–water partition coefficient (Wildman–Crippen LogP) is 5.27. The number of rotatable bonds is 9. The molecule has 0 unspecified atom stereocenters. The minimum atomic E-state index is -0.374. The maximum Gasteiger partial charge on any atom is 0.255 e. The number of hydrogen-bond donors (Lipinski definition) is 1. The quantitative estimate of drug-likeness (QED) is 0.307.